The predicted octanol–water partition coefficient (Wildman–Crippen LogP) is 2.37. The molecule has 82 valence electrons. The van der Waals surface area contributed by atoms with E-state index in [1.165, 1.54) is 18.4 Å². The summed E-state index contributed by atoms with van der Waals surface area (Å²) < 4.78 is 5.75. The number of hydrogen-bond donors (Lipinski definition) is 1. The van der Waals surface area contributed by atoms with Crippen LogP contribution in [0.4, 0.5) is 0 Å². The van der Waals surface area contributed by atoms with Crippen molar-refractivity contribution in [3.05, 3.63) is 29.8 Å². The van der Waals surface area contributed by atoms with E-state index < -0.39 is 0 Å². The third-order valence-corrected chi connectivity index (χ3v) is 2.71. The van der Waals surface area contributed by atoms with Gasteiger partial charge in [0, 0.05) is 0 Å². The van der Waals surface area contributed by atoms with E-state index in [1.807, 2.05) is 6.07 Å². The summed E-state index contributed by atoms with van der Waals surface area (Å²) in [6.45, 7) is 2.92. The minimum Gasteiger partial charge on any atom is -0.490 e. The first-order chi connectivity index (χ1) is 7.28. The van der Waals surface area contributed by atoms with Crippen LogP contribution in [-0.4, -0.2) is 12.6 Å². The zero-order valence-corrected chi connectivity index (χ0v) is 9.28. The molecule has 1 fully saturated rings. The Balaban J connectivity index is 1.97. The van der Waals surface area contributed by atoms with Gasteiger partial charge in [-0.3, -0.25) is 0 Å². The van der Waals surface area contributed by atoms with Crippen molar-refractivity contribution < 1.29 is 4.74 Å². The molecule has 0 spiro atoms. The molecular weight excluding hydrogens is 186 g/mol. The molecule has 1 atom stereocenters. The van der Waals surface area contributed by atoms with Gasteiger partial charge in [0.25, 0.3) is 0 Å². The van der Waals surface area contributed by atoms with Gasteiger partial charge in [0.2, 0.25) is 0 Å². The lowest BCUT2D eigenvalue weighted by Gasteiger charge is -2.10. The molecular formula is C13H19NO. The molecule has 1 unspecified atom stereocenters. The second kappa shape index (κ2) is 4.67. The van der Waals surface area contributed by atoms with Gasteiger partial charge in [-0.2, -0.15) is 0 Å². The summed E-state index contributed by atoms with van der Waals surface area (Å²) in [5, 5.41) is 0. The molecule has 1 aromatic rings. The second-order valence-corrected chi connectivity index (χ2v) is 4.51. The van der Waals surface area contributed by atoms with Crippen LogP contribution < -0.4 is 10.5 Å². The van der Waals surface area contributed by atoms with Crippen molar-refractivity contribution in [1.82, 2.24) is 0 Å². The van der Waals surface area contributed by atoms with Crippen molar-refractivity contribution in [2.75, 3.05) is 6.54 Å². The van der Waals surface area contributed by atoms with Crippen LogP contribution in [0.15, 0.2) is 24.3 Å². The van der Waals surface area contributed by atoms with Gasteiger partial charge in [-0.25, -0.2) is 0 Å². The Morgan fingerprint density at radius 1 is 1.47 bits per heavy atom. The number of hydrogen-bond acceptors (Lipinski definition) is 2. The molecule has 15 heavy (non-hydrogen) atoms. The molecule has 0 heterocycles. The Labute approximate surface area is 91.4 Å². The minimum atomic E-state index is 0.479. The van der Waals surface area contributed by atoms with Crippen molar-refractivity contribution in [3.8, 4) is 5.75 Å². The van der Waals surface area contributed by atoms with E-state index >= 15 is 0 Å². The Bertz CT molecular complexity index is 320. The molecule has 2 heteroatoms. The van der Waals surface area contributed by atoms with Crippen LogP contribution in [0.25, 0.3) is 0 Å². The van der Waals surface area contributed by atoms with E-state index in [0.29, 0.717) is 12.0 Å². The highest BCUT2D eigenvalue weighted by molar-refractivity contribution is 5.29. The van der Waals surface area contributed by atoms with E-state index in [-0.39, 0.29) is 0 Å². The number of benzene rings is 1. The highest BCUT2D eigenvalue weighted by Gasteiger charge is 2.23. The Kier molecular flexibility index (Phi) is 3.27. The number of nitrogens with two attached hydrogens (primary N) is 1. The summed E-state index contributed by atoms with van der Waals surface area (Å²) in [6.07, 6.45) is 3.94. The van der Waals surface area contributed by atoms with Crippen LogP contribution in [0, 0.1) is 5.92 Å². The molecule has 1 aliphatic carbocycles. The molecule has 2 N–H and O–H groups in total. The second-order valence-electron chi connectivity index (χ2n) is 4.51. The lowest BCUT2D eigenvalue weighted by atomic mass is 10.0. The maximum atomic E-state index is 5.75. The summed E-state index contributed by atoms with van der Waals surface area (Å²) in [6, 6.07) is 8.39. The molecule has 0 aromatic heterocycles. The quantitative estimate of drug-likeness (QED) is 0.801. The van der Waals surface area contributed by atoms with Crippen LogP contribution in [0.3, 0.4) is 0 Å². The fourth-order valence-corrected chi connectivity index (χ4v) is 1.61. The smallest absolute Gasteiger partial charge is 0.119 e. The third-order valence-electron chi connectivity index (χ3n) is 2.71. The van der Waals surface area contributed by atoms with Crippen LogP contribution in [0.1, 0.15) is 25.3 Å². The fourth-order valence-electron chi connectivity index (χ4n) is 1.61. The molecule has 1 aliphatic rings. The normalized spacial score (nSPS) is 17.5. The van der Waals surface area contributed by atoms with Crippen molar-refractivity contribution in [1.29, 1.82) is 0 Å². The highest BCUT2D eigenvalue weighted by atomic mass is 16.5. The SMILES string of the molecule is CC(CN)Cc1cccc(OC2CC2)c1. The van der Waals surface area contributed by atoms with E-state index in [9.17, 15) is 0 Å². The van der Waals surface area contributed by atoms with Gasteiger partial charge >= 0.3 is 0 Å². The molecule has 2 rings (SSSR count). The van der Waals surface area contributed by atoms with Crippen LogP contribution in [-0.2, 0) is 6.42 Å². The van der Waals surface area contributed by atoms with E-state index in [1.54, 1.807) is 0 Å². The van der Waals surface area contributed by atoms with Crippen LogP contribution in [0.5, 0.6) is 5.75 Å². The van der Waals surface area contributed by atoms with Gasteiger partial charge in [-0.15, -0.1) is 0 Å². The van der Waals surface area contributed by atoms with E-state index in [4.69, 9.17) is 10.5 Å². The molecule has 0 radical (unpaired) electrons. The Hall–Kier alpha value is -1.02. The van der Waals surface area contributed by atoms with Crippen molar-refractivity contribution in [2.24, 2.45) is 11.7 Å². The molecule has 0 bridgehead atoms. The van der Waals surface area contributed by atoms with Gasteiger partial charge in [-0.1, -0.05) is 19.1 Å². The Morgan fingerprint density at radius 3 is 2.93 bits per heavy atom. The predicted molar refractivity (Wildman–Crippen MR) is 62.0 cm³/mol. The van der Waals surface area contributed by atoms with Gasteiger partial charge in [-0.05, 0) is 49.4 Å². The lowest BCUT2D eigenvalue weighted by Crippen LogP contribution is -2.13. The third kappa shape index (κ3) is 3.24. The first kappa shape index (κ1) is 10.5. The standard InChI is InChI=1S/C13H19NO/c1-10(9-14)7-11-3-2-4-13(8-11)15-12-5-6-12/h2-4,8,10,12H,5-7,9,14H2,1H3. The first-order valence-corrected chi connectivity index (χ1v) is 5.73. The summed E-state index contributed by atoms with van der Waals surface area (Å²) in [5.41, 5.74) is 6.94. The molecule has 1 saturated carbocycles. The largest absolute Gasteiger partial charge is 0.490 e. The van der Waals surface area contributed by atoms with Crippen molar-refractivity contribution in [2.45, 2.75) is 32.3 Å². The fraction of sp³-hybridized carbons (Fsp3) is 0.538. The number of rotatable bonds is 5. The summed E-state index contributed by atoms with van der Waals surface area (Å²) >= 11 is 0. The average molecular weight is 205 g/mol. The maximum absolute atomic E-state index is 5.75. The van der Waals surface area contributed by atoms with Gasteiger partial charge < -0.3 is 10.5 Å². The molecule has 0 saturated heterocycles. The molecule has 0 aliphatic heterocycles. The lowest BCUT2D eigenvalue weighted by molar-refractivity contribution is 0.303. The Morgan fingerprint density at radius 2 is 2.27 bits per heavy atom. The van der Waals surface area contributed by atoms with Gasteiger partial charge in [0.1, 0.15) is 5.75 Å². The monoisotopic (exact) mass is 205 g/mol. The zero-order valence-electron chi connectivity index (χ0n) is 9.28. The average Bonchev–Trinajstić information content (AvgIpc) is 3.02. The van der Waals surface area contributed by atoms with Crippen molar-refractivity contribution in [3.63, 3.8) is 0 Å². The van der Waals surface area contributed by atoms with E-state index in [0.717, 1.165) is 18.7 Å². The molecule has 1 aromatic carbocycles. The van der Waals surface area contributed by atoms with Gasteiger partial charge in [0.15, 0.2) is 0 Å². The summed E-state index contributed by atoms with van der Waals surface area (Å²) in [7, 11) is 0. The first-order valence-electron chi connectivity index (χ1n) is 5.73. The maximum Gasteiger partial charge on any atom is 0.119 e. The van der Waals surface area contributed by atoms with Crippen molar-refractivity contribution >= 4 is 0 Å². The molecule has 2 nitrogen and oxygen atoms in total. The van der Waals surface area contributed by atoms with Crippen LogP contribution >= 0.6 is 0 Å². The van der Waals surface area contributed by atoms with E-state index in [2.05, 4.69) is 25.1 Å². The minimum absolute atomic E-state index is 0.479. The highest BCUT2D eigenvalue weighted by Crippen LogP contribution is 2.27. The van der Waals surface area contributed by atoms with Gasteiger partial charge in [0.05, 0.1) is 6.10 Å². The zero-order chi connectivity index (χ0) is 10.7. The topological polar surface area (TPSA) is 35.2 Å². The summed E-state index contributed by atoms with van der Waals surface area (Å²) in [5.74, 6) is 1.56. The van der Waals surface area contributed by atoms with Crippen LogP contribution in [0.2, 0.25) is 0 Å². The molecule has 0 amide bonds. The summed E-state index contributed by atoms with van der Waals surface area (Å²) in [4.78, 5) is 0. The number of ether oxygens (including phenoxy) is 1.